The molecule has 0 saturated heterocycles. The molecule has 130 valence electrons. The van der Waals surface area contributed by atoms with Crippen molar-refractivity contribution in [2.45, 2.75) is 13.8 Å². The van der Waals surface area contributed by atoms with Gasteiger partial charge in [0.2, 0.25) is 0 Å². The molecule has 0 aliphatic carbocycles. The number of amides is 1. The van der Waals surface area contributed by atoms with Gasteiger partial charge in [-0.15, -0.1) is 0 Å². The Morgan fingerprint density at radius 3 is 2.54 bits per heavy atom. The summed E-state index contributed by atoms with van der Waals surface area (Å²) in [7, 11) is 0. The van der Waals surface area contributed by atoms with Gasteiger partial charge >= 0.3 is 0 Å². The van der Waals surface area contributed by atoms with Crippen molar-refractivity contribution in [1.82, 2.24) is 4.57 Å². The highest BCUT2D eigenvalue weighted by atomic mass is 35.5. The molecule has 0 radical (unpaired) electrons. The second-order valence-electron chi connectivity index (χ2n) is 6.32. The Bertz CT molecular complexity index is 1080. The van der Waals surface area contributed by atoms with Crippen LogP contribution in [0.4, 0.5) is 5.69 Å². The normalized spacial score (nSPS) is 14.6. The number of hydrogen-bond donors (Lipinski definition) is 1. The van der Waals surface area contributed by atoms with Gasteiger partial charge < -0.3 is 9.88 Å². The molecule has 26 heavy (non-hydrogen) atoms. The molecular formula is C21H16Cl2N2O. The molecule has 1 N–H and O–H groups in total. The van der Waals surface area contributed by atoms with Crippen LogP contribution in [0.5, 0.6) is 0 Å². The lowest BCUT2D eigenvalue weighted by molar-refractivity contribution is -0.110. The Balaban J connectivity index is 1.83. The molecule has 3 nitrogen and oxygen atoms in total. The third-order valence-corrected chi connectivity index (χ3v) is 5.38. The summed E-state index contributed by atoms with van der Waals surface area (Å²) in [6.07, 6.45) is 1.94. The van der Waals surface area contributed by atoms with E-state index < -0.39 is 0 Å². The van der Waals surface area contributed by atoms with Gasteiger partial charge in [-0.3, -0.25) is 4.79 Å². The molecule has 4 rings (SSSR count). The predicted octanol–water partition coefficient (Wildman–Crippen LogP) is 5.89. The first-order valence-electron chi connectivity index (χ1n) is 8.22. The van der Waals surface area contributed by atoms with E-state index >= 15 is 0 Å². The van der Waals surface area contributed by atoms with Crippen molar-refractivity contribution in [2.24, 2.45) is 0 Å². The van der Waals surface area contributed by atoms with Crippen LogP contribution in [0, 0.1) is 13.8 Å². The molecule has 0 fully saturated rings. The van der Waals surface area contributed by atoms with Crippen molar-refractivity contribution >= 4 is 46.4 Å². The summed E-state index contributed by atoms with van der Waals surface area (Å²) in [5.41, 5.74) is 6.48. The van der Waals surface area contributed by atoms with Gasteiger partial charge in [-0.25, -0.2) is 0 Å². The molecule has 3 aromatic rings. The van der Waals surface area contributed by atoms with Crippen LogP contribution in [-0.4, -0.2) is 10.5 Å². The van der Waals surface area contributed by atoms with Gasteiger partial charge in [0.05, 0.1) is 10.0 Å². The molecule has 0 bridgehead atoms. The lowest BCUT2D eigenvalue weighted by Gasteiger charge is -2.10. The fourth-order valence-electron chi connectivity index (χ4n) is 3.39. The molecule has 1 aliphatic rings. The average Bonchev–Trinajstić information content (AvgIpc) is 3.07. The van der Waals surface area contributed by atoms with E-state index in [1.807, 2.05) is 56.3 Å². The van der Waals surface area contributed by atoms with E-state index in [1.165, 1.54) is 0 Å². The zero-order valence-electron chi connectivity index (χ0n) is 14.3. The van der Waals surface area contributed by atoms with Crippen LogP contribution in [0.1, 0.15) is 22.5 Å². The molecule has 1 aromatic heterocycles. The second kappa shape index (κ2) is 6.35. The van der Waals surface area contributed by atoms with Crippen LogP contribution in [0.15, 0.2) is 48.5 Å². The van der Waals surface area contributed by atoms with Gasteiger partial charge in [-0.2, -0.15) is 0 Å². The van der Waals surface area contributed by atoms with Gasteiger partial charge in [-0.05, 0) is 55.8 Å². The summed E-state index contributed by atoms with van der Waals surface area (Å²) < 4.78 is 2.10. The number of fused-ring (bicyclic) bond motifs is 1. The van der Waals surface area contributed by atoms with Crippen molar-refractivity contribution in [1.29, 1.82) is 0 Å². The Labute approximate surface area is 161 Å². The number of aryl methyl sites for hydroxylation is 1. The highest BCUT2D eigenvalue weighted by Crippen LogP contribution is 2.34. The molecular weight excluding hydrogens is 367 g/mol. The topological polar surface area (TPSA) is 34.0 Å². The fourth-order valence-corrected chi connectivity index (χ4v) is 3.69. The van der Waals surface area contributed by atoms with Crippen molar-refractivity contribution in [3.63, 3.8) is 0 Å². The van der Waals surface area contributed by atoms with E-state index in [4.69, 9.17) is 23.2 Å². The van der Waals surface area contributed by atoms with Crippen molar-refractivity contribution in [3.8, 4) is 5.69 Å². The first-order valence-corrected chi connectivity index (χ1v) is 8.98. The minimum absolute atomic E-state index is 0.0782. The highest BCUT2D eigenvalue weighted by molar-refractivity contribution is 6.42. The molecule has 0 unspecified atom stereocenters. The summed E-state index contributed by atoms with van der Waals surface area (Å²) in [6, 6.07) is 15.4. The molecule has 5 heteroatoms. The Morgan fingerprint density at radius 2 is 1.77 bits per heavy atom. The number of carbonyl (C=O) groups excluding carboxylic acids is 1. The zero-order valence-corrected chi connectivity index (χ0v) is 15.8. The SMILES string of the molecule is Cc1cc(/C=C2\C(=O)Nc3ccccc32)c(C)n1-c1ccc(Cl)c(Cl)c1. The van der Waals surface area contributed by atoms with E-state index in [2.05, 4.69) is 16.0 Å². The van der Waals surface area contributed by atoms with E-state index in [-0.39, 0.29) is 5.91 Å². The quantitative estimate of drug-likeness (QED) is 0.550. The number of para-hydroxylation sites is 1. The molecule has 1 amide bonds. The summed E-state index contributed by atoms with van der Waals surface area (Å²) in [6.45, 7) is 4.06. The van der Waals surface area contributed by atoms with Gasteiger partial charge in [0.1, 0.15) is 0 Å². The van der Waals surface area contributed by atoms with E-state index in [0.29, 0.717) is 15.6 Å². The van der Waals surface area contributed by atoms with Crippen LogP contribution in [-0.2, 0) is 4.79 Å². The lowest BCUT2D eigenvalue weighted by Crippen LogP contribution is -2.03. The summed E-state index contributed by atoms with van der Waals surface area (Å²) in [4.78, 5) is 12.4. The van der Waals surface area contributed by atoms with Crippen LogP contribution in [0.3, 0.4) is 0 Å². The Kier molecular flexibility index (Phi) is 4.14. The molecule has 0 spiro atoms. The minimum atomic E-state index is -0.0782. The van der Waals surface area contributed by atoms with Gasteiger partial charge in [0.25, 0.3) is 5.91 Å². The number of hydrogen-bond acceptors (Lipinski definition) is 1. The summed E-state index contributed by atoms with van der Waals surface area (Å²) >= 11 is 12.2. The second-order valence-corrected chi connectivity index (χ2v) is 7.13. The summed E-state index contributed by atoms with van der Waals surface area (Å²) in [5.74, 6) is -0.0782. The molecule has 1 aliphatic heterocycles. The molecule has 2 aromatic carbocycles. The first-order chi connectivity index (χ1) is 12.5. The molecule has 2 heterocycles. The number of nitrogens with zero attached hydrogens (tertiary/aromatic N) is 1. The maximum Gasteiger partial charge on any atom is 0.256 e. The molecule has 0 saturated carbocycles. The van der Waals surface area contributed by atoms with E-state index in [0.717, 1.165) is 33.9 Å². The number of benzene rings is 2. The van der Waals surface area contributed by atoms with Crippen LogP contribution < -0.4 is 5.32 Å². The fraction of sp³-hybridized carbons (Fsp3) is 0.0952. The van der Waals surface area contributed by atoms with E-state index in [9.17, 15) is 4.79 Å². The number of carbonyl (C=O) groups is 1. The largest absolute Gasteiger partial charge is 0.321 e. The zero-order chi connectivity index (χ0) is 18.4. The highest BCUT2D eigenvalue weighted by Gasteiger charge is 2.24. The van der Waals surface area contributed by atoms with Gasteiger partial charge in [0.15, 0.2) is 0 Å². The average molecular weight is 383 g/mol. The van der Waals surface area contributed by atoms with Crippen LogP contribution in [0.2, 0.25) is 10.0 Å². The number of anilines is 1. The van der Waals surface area contributed by atoms with Crippen molar-refractivity contribution in [3.05, 3.63) is 81.1 Å². The predicted molar refractivity (Wildman–Crippen MR) is 108 cm³/mol. The van der Waals surface area contributed by atoms with Crippen molar-refractivity contribution < 1.29 is 4.79 Å². The summed E-state index contributed by atoms with van der Waals surface area (Å²) in [5, 5.41) is 3.95. The monoisotopic (exact) mass is 382 g/mol. The number of rotatable bonds is 2. The third-order valence-electron chi connectivity index (χ3n) is 4.64. The van der Waals surface area contributed by atoms with E-state index in [1.54, 1.807) is 6.07 Å². The number of nitrogens with one attached hydrogen (secondary N) is 1. The standard InChI is InChI=1S/C21H16Cl2N2O/c1-12-9-14(10-17-16-5-3-4-6-20(16)24-21(17)26)13(2)25(12)15-7-8-18(22)19(23)11-15/h3-11H,1-2H3,(H,24,26)/b17-10-. The minimum Gasteiger partial charge on any atom is -0.321 e. The van der Waals surface area contributed by atoms with Gasteiger partial charge in [-0.1, -0.05) is 41.4 Å². The van der Waals surface area contributed by atoms with Gasteiger partial charge in [0, 0.05) is 33.9 Å². The third kappa shape index (κ3) is 2.74. The number of aromatic nitrogens is 1. The Hall–Kier alpha value is -2.49. The van der Waals surface area contributed by atoms with Crippen LogP contribution in [0.25, 0.3) is 17.3 Å². The molecule has 0 atom stereocenters. The lowest BCUT2D eigenvalue weighted by atomic mass is 10.0. The van der Waals surface area contributed by atoms with Crippen LogP contribution >= 0.6 is 23.2 Å². The maximum absolute atomic E-state index is 12.4. The first kappa shape index (κ1) is 17.0. The maximum atomic E-state index is 12.4. The van der Waals surface area contributed by atoms with Crippen molar-refractivity contribution in [2.75, 3.05) is 5.32 Å². The smallest absolute Gasteiger partial charge is 0.256 e. The Morgan fingerprint density at radius 1 is 1.00 bits per heavy atom. The number of halogens is 2.